The third kappa shape index (κ3) is 5.79. The van der Waals surface area contributed by atoms with E-state index in [2.05, 4.69) is 9.98 Å². The molecule has 1 N–H and O–H groups in total. The van der Waals surface area contributed by atoms with E-state index in [9.17, 15) is 0 Å². The molecule has 100 valence electrons. The van der Waals surface area contributed by atoms with Crippen molar-refractivity contribution in [3.63, 3.8) is 0 Å². The molecule has 1 aromatic heterocycles. The van der Waals surface area contributed by atoms with Crippen LogP contribution < -0.4 is 4.74 Å². The molecular formula is C15H18N2O2. The highest BCUT2D eigenvalue weighted by molar-refractivity contribution is 5.81. The number of pyridine rings is 1. The van der Waals surface area contributed by atoms with Gasteiger partial charge in [0, 0.05) is 25.1 Å². The van der Waals surface area contributed by atoms with Gasteiger partial charge in [-0.15, -0.1) is 0 Å². The zero-order valence-electron chi connectivity index (χ0n) is 11.2. The number of aliphatic imine (C=N–C) groups is 1. The van der Waals surface area contributed by atoms with Gasteiger partial charge in [0.1, 0.15) is 0 Å². The Hall–Kier alpha value is -2.20. The van der Waals surface area contributed by atoms with Crippen LogP contribution >= 0.6 is 0 Å². The maximum absolute atomic E-state index is 7.57. The van der Waals surface area contributed by atoms with Gasteiger partial charge in [0.05, 0.1) is 12.8 Å². The van der Waals surface area contributed by atoms with Gasteiger partial charge in [0.2, 0.25) is 5.88 Å². The van der Waals surface area contributed by atoms with Crippen LogP contribution in [0, 0.1) is 0 Å². The number of methoxy groups -OCH3 is 1. The first-order valence-electron chi connectivity index (χ1n) is 6.00. The van der Waals surface area contributed by atoms with E-state index in [-0.39, 0.29) is 6.61 Å². The van der Waals surface area contributed by atoms with E-state index in [1.165, 1.54) is 0 Å². The van der Waals surface area contributed by atoms with Gasteiger partial charge < -0.3 is 9.84 Å². The molecule has 0 saturated heterocycles. The molecule has 19 heavy (non-hydrogen) atoms. The molecule has 0 saturated carbocycles. The molecule has 0 aliphatic heterocycles. The number of aromatic nitrogens is 1. The third-order valence-corrected chi connectivity index (χ3v) is 2.09. The second kappa shape index (κ2) is 8.83. The first-order valence-corrected chi connectivity index (χ1v) is 6.00. The minimum atomic E-state index is 0.250. The van der Waals surface area contributed by atoms with Crippen LogP contribution in [0.25, 0.3) is 0 Å². The van der Waals surface area contributed by atoms with Crippen molar-refractivity contribution >= 4 is 11.9 Å². The van der Waals surface area contributed by atoms with Crippen molar-refractivity contribution in [3.05, 3.63) is 54.2 Å². The Bertz CT molecular complexity index is 499. The molecule has 0 fully saturated rings. The van der Waals surface area contributed by atoms with Crippen LogP contribution in [0.5, 0.6) is 5.88 Å². The Morgan fingerprint density at radius 3 is 2.58 bits per heavy atom. The number of benzene rings is 1. The highest BCUT2D eigenvalue weighted by atomic mass is 16.5. The standard InChI is InChI=1S/C13H12N2O.C2H6O/c1-16-13-9-12(7-8-14-13)15-10-11-5-3-2-4-6-11;1-2-3/h2-10H,1H3;3H,2H2,1H3. The Balaban J connectivity index is 0.000000550. The number of ether oxygens (including phenoxy) is 1. The number of nitrogens with zero attached hydrogens (tertiary/aromatic N) is 2. The van der Waals surface area contributed by atoms with Gasteiger partial charge in [0.25, 0.3) is 0 Å². The molecule has 2 aromatic rings. The summed E-state index contributed by atoms with van der Waals surface area (Å²) in [5.74, 6) is 0.572. The molecule has 4 nitrogen and oxygen atoms in total. The average molecular weight is 258 g/mol. The van der Waals surface area contributed by atoms with E-state index in [4.69, 9.17) is 9.84 Å². The molecular weight excluding hydrogens is 240 g/mol. The number of hydrogen-bond acceptors (Lipinski definition) is 4. The smallest absolute Gasteiger partial charge is 0.215 e. The molecule has 4 heteroatoms. The lowest BCUT2D eigenvalue weighted by Crippen LogP contribution is -1.85. The van der Waals surface area contributed by atoms with Gasteiger partial charge in [-0.25, -0.2) is 4.98 Å². The van der Waals surface area contributed by atoms with Gasteiger partial charge in [-0.05, 0) is 18.6 Å². The van der Waals surface area contributed by atoms with E-state index in [0.717, 1.165) is 11.3 Å². The highest BCUT2D eigenvalue weighted by Gasteiger charge is 1.93. The van der Waals surface area contributed by atoms with Crippen molar-refractivity contribution in [1.82, 2.24) is 4.98 Å². The fourth-order valence-electron chi connectivity index (χ4n) is 1.28. The zero-order chi connectivity index (χ0) is 13.9. The topological polar surface area (TPSA) is 54.7 Å². The maximum Gasteiger partial charge on any atom is 0.215 e. The summed E-state index contributed by atoms with van der Waals surface area (Å²) in [5, 5.41) is 7.57. The Labute approximate surface area is 113 Å². The van der Waals surface area contributed by atoms with Crippen molar-refractivity contribution in [2.24, 2.45) is 4.99 Å². The summed E-state index contributed by atoms with van der Waals surface area (Å²) in [7, 11) is 1.59. The fourth-order valence-corrected chi connectivity index (χ4v) is 1.28. The Morgan fingerprint density at radius 2 is 1.95 bits per heavy atom. The average Bonchev–Trinajstić information content (AvgIpc) is 2.47. The van der Waals surface area contributed by atoms with Crippen molar-refractivity contribution in [1.29, 1.82) is 0 Å². The summed E-state index contributed by atoms with van der Waals surface area (Å²) in [6, 6.07) is 13.6. The summed E-state index contributed by atoms with van der Waals surface area (Å²) in [6.07, 6.45) is 3.49. The lowest BCUT2D eigenvalue weighted by atomic mass is 10.2. The van der Waals surface area contributed by atoms with Crippen LogP contribution in [0.15, 0.2) is 53.7 Å². The van der Waals surface area contributed by atoms with Crippen molar-refractivity contribution < 1.29 is 9.84 Å². The lowest BCUT2D eigenvalue weighted by Gasteiger charge is -1.98. The SMILES string of the molecule is CCO.COc1cc(N=Cc2ccccc2)ccn1. The second-order valence-corrected chi connectivity index (χ2v) is 3.54. The molecule has 1 heterocycles. The molecule has 0 aliphatic carbocycles. The molecule has 0 bridgehead atoms. The predicted octanol–water partition coefficient (Wildman–Crippen LogP) is 2.84. The fraction of sp³-hybridized carbons (Fsp3) is 0.200. The lowest BCUT2D eigenvalue weighted by molar-refractivity contribution is 0.318. The quantitative estimate of drug-likeness (QED) is 0.861. The van der Waals surface area contributed by atoms with Gasteiger partial charge in [-0.1, -0.05) is 30.3 Å². The molecule has 1 aromatic carbocycles. The first kappa shape index (κ1) is 14.9. The largest absolute Gasteiger partial charge is 0.481 e. The van der Waals surface area contributed by atoms with Crippen LogP contribution in [-0.2, 0) is 0 Å². The monoisotopic (exact) mass is 258 g/mol. The van der Waals surface area contributed by atoms with Crippen LogP contribution in [0.4, 0.5) is 5.69 Å². The number of hydrogen-bond donors (Lipinski definition) is 1. The molecule has 0 amide bonds. The minimum absolute atomic E-state index is 0.250. The van der Waals surface area contributed by atoms with Crippen molar-refractivity contribution in [2.45, 2.75) is 6.92 Å². The van der Waals surface area contributed by atoms with Gasteiger partial charge >= 0.3 is 0 Å². The minimum Gasteiger partial charge on any atom is -0.481 e. The molecule has 0 unspecified atom stereocenters. The van der Waals surface area contributed by atoms with Gasteiger partial charge in [0.15, 0.2) is 0 Å². The van der Waals surface area contributed by atoms with Crippen LogP contribution in [0.2, 0.25) is 0 Å². The van der Waals surface area contributed by atoms with Crippen LogP contribution in [0.1, 0.15) is 12.5 Å². The molecule has 2 rings (SSSR count). The zero-order valence-corrected chi connectivity index (χ0v) is 11.2. The third-order valence-electron chi connectivity index (χ3n) is 2.09. The molecule has 0 atom stereocenters. The summed E-state index contributed by atoms with van der Waals surface area (Å²) in [5.41, 5.74) is 1.90. The molecule has 0 spiro atoms. The van der Waals surface area contributed by atoms with E-state index in [0.29, 0.717) is 5.88 Å². The number of rotatable bonds is 3. The number of aliphatic hydroxyl groups is 1. The summed E-state index contributed by atoms with van der Waals surface area (Å²) in [6.45, 7) is 1.93. The summed E-state index contributed by atoms with van der Waals surface area (Å²) < 4.78 is 5.02. The van der Waals surface area contributed by atoms with E-state index >= 15 is 0 Å². The highest BCUT2D eigenvalue weighted by Crippen LogP contribution is 2.16. The maximum atomic E-state index is 7.57. The molecule has 0 aliphatic rings. The van der Waals surface area contributed by atoms with E-state index < -0.39 is 0 Å². The van der Waals surface area contributed by atoms with Crippen LogP contribution in [-0.4, -0.2) is 30.0 Å². The van der Waals surface area contributed by atoms with Gasteiger partial charge in [-0.3, -0.25) is 4.99 Å². The van der Waals surface area contributed by atoms with E-state index in [1.54, 1.807) is 26.3 Å². The molecule has 0 radical (unpaired) electrons. The Kier molecular flexibility index (Phi) is 6.90. The van der Waals surface area contributed by atoms with E-state index in [1.807, 2.05) is 42.6 Å². The predicted molar refractivity (Wildman–Crippen MR) is 77.2 cm³/mol. The van der Waals surface area contributed by atoms with Crippen LogP contribution in [0.3, 0.4) is 0 Å². The summed E-state index contributed by atoms with van der Waals surface area (Å²) >= 11 is 0. The van der Waals surface area contributed by atoms with Crippen molar-refractivity contribution in [2.75, 3.05) is 13.7 Å². The second-order valence-electron chi connectivity index (χ2n) is 3.54. The number of aliphatic hydroxyl groups excluding tert-OH is 1. The Morgan fingerprint density at radius 1 is 1.26 bits per heavy atom. The normalized spacial score (nSPS) is 9.84. The first-order chi connectivity index (χ1) is 9.30. The summed E-state index contributed by atoms with van der Waals surface area (Å²) in [4.78, 5) is 8.36. The van der Waals surface area contributed by atoms with Crippen molar-refractivity contribution in [3.8, 4) is 5.88 Å². The van der Waals surface area contributed by atoms with Gasteiger partial charge in [-0.2, -0.15) is 0 Å².